The predicted molar refractivity (Wildman–Crippen MR) is 70.7 cm³/mol. The molecule has 0 N–H and O–H groups in total. The van der Waals surface area contributed by atoms with E-state index in [4.69, 9.17) is 0 Å². The highest BCUT2D eigenvalue weighted by Gasteiger charge is 2.17. The van der Waals surface area contributed by atoms with Crippen molar-refractivity contribution in [2.75, 3.05) is 0 Å². The molecule has 0 radical (unpaired) electrons. The van der Waals surface area contributed by atoms with Gasteiger partial charge in [-0.3, -0.25) is 0 Å². The molecule has 0 heteroatoms. The van der Waals surface area contributed by atoms with Crippen molar-refractivity contribution in [3.05, 3.63) is 47.0 Å². The third-order valence-electron chi connectivity index (χ3n) is 3.67. The Morgan fingerprint density at radius 2 is 2.19 bits per heavy atom. The molecule has 0 amide bonds. The third kappa shape index (κ3) is 2.75. The van der Waals surface area contributed by atoms with Gasteiger partial charge in [-0.15, -0.1) is 0 Å². The van der Waals surface area contributed by atoms with Gasteiger partial charge in [0, 0.05) is 0 Å². The lowest BCUT2D eigenvalue weighted by molar-refractivity contribution is 0.430. The molecule has 16 heavy (non-hydrogen) atoms. The summed E-state index contributed by atoms with van der Waals surface area (Å²) in [5.74, 6) is 0.909. The summed E-state index contributed by atoms with van der Waals surface area (Å²) in [6, 6.07) is 6.97. The van der Waals surface area contributed by atoms with Crippen molar-refractivity contribution in [1.82, 2.24) is 0 Å². The Bertz CT molecular complexity index is 374. The first-order valence-corrected chi connectivity index (χ1v) is 6.49. The Hall–Kier alpha value is -1.04. The SMILES string of the molecule is CC=CCCC1CCc2cc(C)ccc2C1. The first-order valence-electron chi connectivity index (χ1n) is 6.49. The van der Waals surface area contributed by atoms with E-state index in [9.17, 15) is 0 Å². The summed E-state index contributed by atoms with van der Waals surface area (Å²) < 4.78 is 0. The van der Waals surface area contributed by atoms with Gasteiger partial charge in [0.1, 0.15) is 0 Å². The van der Waals surface area contributed by atoms with Crippen LogP contribution in [0.25, 0.3) is 0 Å². The van der Waals surface area contributed by atoms with Crippen LogP contribution in [0.5, 0.6) is 0 Å². The fraction of sp³-hybridized carbons (Fsp3) is 0.500. The van der Waals surface area contributed by atoms with Crippen LogP contribution in [0.4, 0.5) is 0 Å². The quantitative estimate of drug-likeness (QED) is 0.652. The van der Waals surface area contributed by atoms with E-state index in [1.807, 2.05) is 0 Å². The van der Waals surface area contributed by atoms with Crippen molar-refractivity contribution >= 4 is 0 Å². The lowest BCUT2D eigenvalue weighted by Gasteiger charge is -2.24. The van der Waals surface area contributed by atoms with Crippen molar-refractivity contribution in [3.63, 3.8) is 0 Å². The van der Waals surface area contributed by atoms with Gasteiger partial charge in [0.15, 0.2) is 0 Å². The van der Waals surface area contributed by atoms with E-state index in [1.54, 1.807) is 11.1 Å². The number of benzene rings is 1. The lowest BCUT2D eigenvalue weighted by atomic mass is 9.81. The average molecular weight is 214 g/mol. The van der Waals surface area contributed by atoms with Gasteiger partial charge in [-0.25, -0.2) is 0 Å². The fourth-order valence-electron chi connectivity index (χ4n) is 2.70. The minimum Gasteiger partial charge on any atom is -0.0917 e. The number of hydrogen-bond donors (Lipinski definition) is 0. The predicted octanol–water partition coefficient (Wildman–Crippen LogP) is 4.46. The molecule has 0 aromatic heterocycles. The number of aryl methyl sites for hydroxylation is 2. The Labute approximate surface area is 99.4 Å². The van der Waals surface area contributed by atoms with Crippen LogP contribution in [0, 0.1) is 12.8 Å². The Morgan fingerprint density at radius 3 is 3.00 bits per heavy atom. The second-order valence-corrected chi connectivity index (χ2v) is 5.03. The molecule has 2 rings (SSSR count). The molecule has 1 aromatic rings. The van der Waals surface area contributed by atoms with Gasteiger partial charge in [0.25, 0.3) is 0 Å². The summed E-state index contributed by atoms with van der Waals surface area (Å²) >= 11 is 0. The molecule has 0 saturated heterocycles. The molecule has 86 valence electrons. The average Bonchev–Trinajstić information content (AvgIpc) is 2.29. The second kappa shape index (κ2) is 5.34. The molecule has 1 unspecified atom stereocenters. The van der Waals surface area contributed by atoms with Crippen LogP contribution in [-0.4, -0.2) is 0 Å². The highest BCUT2D eigenvalue weighted by molar-refractivity contribution is 5.33. The van der Waals surface area contributed by atoms with Crippen LogP contribution in [0.1, 0.15) is 42.9 Å². The van der Waals surface area contributed by atoms with Crippen LogP contribution >= 0.6 is 0 Å². The summed E-state index contributed by atoms with van der Waals surface area (Å²) in [4.78, 5) is 0. The number of rotatable bonds is 3. The zero-order valence-corrected chi connectivity index (χ0v) is 10.5. The molecule has 0 spiro atoms. The summed E-state index contributed by atoms with van der Waals surface area (Å²) in [6.45, 7) is 4.30. The van der Waals surface area contributed by atoms with Gasteiger partial charge in [-0.05, 0) is 63.0 Å². The molecule has 0 saturated carbocycles. The van der Waals surface area contributed by atoms with Gasteiger partial charge in [0.05, 0.1) is 0 Å². The maximum Gasteiger partial charge on any atom is -0.0247 e. The number of fused-ring (bicyclic) bond motifs is 1. The molecule has 1 aromatic carbocycles. The number of allylic oxidation sites excluding steroid dienone is 2. The zero-order valence-electron chi connectivity index (χ0n) is 10.5. The molecule has 0 nitrogen and oxygen atoms in total. The van der Waals surface area contributed by atoms with Gasteiger partial charge >= 0.3 is 0 Å². The maximum atomic E-state index is 2.37. The Morgan fingerprint density at radius 1 is 1.31 bits per heavy atom. The molecule has 1 aliphatic carbocycles. The maximum absolute atomic E-state index is 2.37. The monoisotopic (exact) mass is 214 g/mol. The van der Waals surface area contributed by atoms with Crippen LogP contribution in [0.2, 0.25) is 0 Å². The summed E-state index contributed by atoms with van der Waals surface area (Å²) in [7, 11) is 0. The van der Waals surface area contributed by atoms with Crippen molar-refractivity contribution in [2.45, 2.75) is 46.0 Å². The second-order valence-electron chi connectivity index (χ2n) is 5.03. The first-order chi connectivity index (χ1) is 7.79. The highest BCUT2D eigenvalue weighted by Crippen LogP contribution is 2.29. The summed E-state index contributed by atoms with van der Waals surface area (Å²) in [6.07, 6.45) is 11.0. The molecule has 1 aliphatic rings. The number of hydrogen-bond acceptors (Lipinski definition) is 0. The molecule has 0 bridgehead atoms. The van der Waals surface area contributed by atoms with Gasteiger partial charge < -0.3 is 0 Å². The third-order valence-corrected chi connectivity index (χ3v) is 3.67. The lowest BCUT2D eigenvalue weighted by Crippen LogP contribution is -2.14. The molecular weight excluding hydrogens is 192 g/mol. The van der Waals surface area contributed by atoms with E-state index >= 15 is 0 Å². The van der Waals surface area contributed by atoms with E-state index in [0.717, 1.165) is 5.92 Å². The molecular formula is C16H22. The summed E-state index contributed by atoms with van der Waals surface area (Å²) in [5.41, 5.74) is 4.61. The van der Waals surface area contributed by atoms with Crippen molar-refractivity contribution < 1.29 is 0 Å². The van der Waals surface area contributed by atoms with Crippen LogP contribution in [0.15, 0.2) is 30.4 Å². The molecule has 0 fully saturated rings. The largest absolute Gasteiger partial charge is 0.0917 e. The van der Waals surface area contributed by atoms with E-state index in [2.05, 4.69) is 44.2 Å². The van der Waals surface area contributed by atoms with Gasteiger partial charge in [0.2, 0.25) is 0 Å². The van der Waals surface area contributed by atoms with E-state index in [1.165, 1.54) is 37.7 Å². The van der Waals surface area contributed by atoms with Crippen LogP contribution < -0.4 is 0 Å². The Balaban J connectivity index is 1.98. The first kappa shape index (κ1) is 11.4. The minimum atomic E-state index is 0.909. The summed E-state index contributed by atoms with van der Waals surface area (Å²) in [5, 5.41) is 0. The van der Waals surface area contributed by atoms with Gasteiger partial charge in [-0.2, -0.15) is 0 Å². The van der Waals surface area contributed by atoms with E-state index in [0.29, 0.717) is 0 Å². The van der Waals surface area contributed by atoms with E-state index < -0.39 is 0 Å². The normalized spacial score (nSPS) is 20.0. The molecule has 1 atom stereocenters. The minimum absolute atomic E-state index is 0.909. The standard InChI is InChI=1S/C16H22/c1-3-4-5-6-14-8-10-15-11-13(2)7-9-16(15)12-14/h3-4,7,9,11,14H,5-6,8,10,12H2,1-2H3. The van der Waals surface area contributed by atoms with Crippen LogP contribution in [0.3, 0.4) is 0 Å². The topological polar surface area (TPSA) is 0 Å². The molecule has 0 aliphatic heterocycles. The van der Waals surface area contributed by atoms with Crippen molar-refractivity contribution in [3.8, 4) is 0 Å². The van der Waals surface area contributed by atoms with Crippen molar-refractivity contribution in [1.29, 1.82) is 0 Å². The fourth-order valence-corrected chi connectivity index (χ4v) is 2.70. The van der Waals surface area contributed by atoms with Crippen LogP contribution in [-0.2, 0) is 12.8 Å². The van der Waals surface area contributed by atoms with Crippen molar-refractivity contribution in [2.24, 2.45) is 5.92 Å². The smallest absolute Gasteiger partial charge is 0.0247 e. The molecule has 0 heterocycles. The highest BCUT2D eigenvalue weighted by atomic mass is 14.2. The zero-order chi connectivity index (χ0) is 11.4. The van der Waals surface area contributed by atoms with E-state index in [-0.39, 0.29) is 0 Å². The Kier molecular flexibility index (Phi) is 3.82. The van der Waals surface area contributed by atoms with Gasteiger partial charge in [-0.1, -0.05) is 35.9 Å².